The second-order valence-electron chi connectivity index (χ2n) is 2.87. The van der Waals surface area contributed by atoms with Gasteiger partial charge in [-0.25, -0.2) is 0 Å². The molecule has 1 radical (unpaired) electrons. The Morgan fingerprint density at radius 3 is 3.08 bits per heavy atom. The molecule has 0 fully saturated rings. The molecule has 1 aromatic rings. The van der Waals surface area contributed by atoms with E-state index in [2.05, 4.69) is 11.4 Å². The van der Waals surface area contributed by atoms with Crippen molar-refractivity contribution in [3.63, 3.8) is 0 Å². The summed E-state index contributed by atoms with van der Waals surface area (Å²) in [6.07, 6.45) is 0.997. The number of benzene rings is 1. The van der Waals surface area contributed by atoms with E-state index in [1.807, 2.05) is 25.1 Å². The van der Waals surface area contributed by atoms with Gasteiger partial charge in [0.15, 0.2) is 6.23 Å². The lowest BCUT2D eigenvalue weighted by atomic mass is 10.2. The van der Waals surface area contributed by atoms with Crippen LogP contribution < -0.4 is 5.32 Å². The molecular formula is C10H12NO. The standard InChI is InChI=1S/C10H12NO/c1-2-12-10-7-8-5-3-4-6-9(8)11-10/h3-6,10H,2,7H2,1H3. The molecule has 0 bridgehead atoms. The Bertz CT molecular complexity index is 247. The quantitative estimate of drug-likeness (QED) is 0.650. The predicted octanol–water partition coefficient (Wildman–Crippen LogP) is 1.84. The number of hydrogen-bond donors (Lipinski definition) is 0. The van der Waals surface area contributed by atoms with Crippen molar-refractivity contribution in [3.8, 4) is 0 Å². The summed E-state index contributed by atoms with van der Waals surface area (Å²) in [7, 11) is 0. The maximum Gasteiger partial charge on any atom is 0.153 e. The number of rotatable bonds is 2. The molecule has 1 heterocycles. The van der Waals surface area contributed by atoms with Gasteiger partial charge in [-0.1, -0.05) is 18.2 Å². The van der Waals surface area contributed by atoms with Crippen LogP contribution in [-0.4, -0.2) is 12.8 Å². The molecule has 0 N–H and O–H groups in total. The molecule has 2 heteroatoms. The van der Waals surface area contributed by atoms with Gasteiger partial charge in [0, 0.05) is 13.0 Å². The maximum absolute atomic E-state index is 5.42. The highest BCUT2D eigenvalue weighted by Crippen LogP contribution is 2.25. The van der Waals surface area contributed by atoms with Gasteiger partial charge < -0.3 is 4.74 Å². The van der Waals surface area contributed by atoms with E-state index in [1.54, 1.807) is 0 Å². The molecule has 0 aromatic heterocycles. The molecular weight excluding hydrogens is 150 g/mol. The zero-order chi connectivity index (χ0) is 8.39. The molecule has 1 aliphatic heterocycles. The molecule has 0 saturated carbocycles. The van der Waals surface area contributed by atoms with E-state index in [9.17, 15) is 0 Å². The lowest BCUT2D eigenvalue weighted by molar-refractivity contribution is 0.0551. The summed E-state index contributed by atoms with van der Waals surface area (Å²) in [5.41, 5.74) is 2.40. The molecule has 1 atom stereocenters. The summed E-state index contributed by atoms with van der Waals surface area (Å²) in [5.74, 6) is 0. The zero-order valence-corrected chi connectivity index (χ0v) is 7.16. The van der Waals surface area contributed by atoms with Gasteiger partial charge in [0.1, 0.15) is 0 Å². The van der Waals surface area contributed by atoms with Gasteiger partial charge in [0.05, 0.1) is 5.69 Å². The highest BCUT2D eigenvalue weighted by atomic mass is 16.5. The monoisotopic (exact) mass is 162 g/mol. The Labute approximate surface area is 72.5 Å². The first kappa shape index (κ1) is 7.62. The second kappa shape index (κ2) is 3.15. The summed E-state index contributed by atoms with van der Waals surface area (Å²) < 4.78 is 5.42. The largest absolute Gasteiger partial charge is 0.356 e. The van der Waals surface area contributed by atoms with Crippen molar-refractivity contribution < 1.29 is 4.74 Å². The summed E-state index contributed by atoms with van der Waals surface area (Å²) in [5, 5.41) is 4.42. The Kier molecular flexibility index (Phi) is 2.00. The van der Waals surface area contributed by atoms with Crippen LogP contribution in [0.2, 0.25) is 0 Å². The molecule has 12 heavy (non-hydrogen) atoms. The predicted molar refractivity (Wildman–Crippen MR) is 47.4 cm³/mol. The molecule has 0 spiro atoms. The molecule has 2 nitrogen and oxygen atoms in total. The smallest absolute Gasteiger partial charge is 0.153 e. The average Bonchev–Trinajstić information content (AvgIpc) is 2.47. The van der Waals surface area contributed by atoms with Crippen molar-refractivity contribution >= 4 is 5.69 Å². The van der Waals surface area contributed by atoms with E-state index in [1.165, 1.54) is 5.56 Å². The van der Waals surface area contributed by atoms with Crippen LogP contribution in [0.25, 0.3) is 0 Å². The van der Waals surface area contributed by atoms with E-state index < -0.39 is 0 Å². The first-order chi connectivity index (χ1) is 5.90. The Morgan fingerprint density at radius 2 is 2.33 bits per heavy atom. The van der Waals surface area contributed by atoms with Crippen molar-refractivity contribution in [2.24, 2.45) is 0 Å². The van der Waals surface area contributed by atoms with Crippen LogP contribution >= 0.6 is 0 Å². The van der Waals surface area contributed by atoms with Crippen molar-refractivity contribution in [1.82, 2.24) is 5.32 Å². The molecule has 0 amide bonds. The van der Waals surface area contributed by atoms with Crippen LogP contribution in [0.3, 0.4) is 0 Å². The van der Waals surface area contributed by atoms with Gasteiger partial charge in [-0.2, -0.15) is 0 Å². The number of nitrogens with zero attached hydrogens (tertiary/aromatic N) is 1. The normalized spacial score (nSPS) is 20.2. The third-order valence-corrected chi connectivity index (χ3v) is 2.03. The van der Waals surface area contributed by atoms with Gasteiger partial charge in [0.2, 0.25) is 0 Å². The van der Waals surface area contributed by atoms with Gasteiger partial charge in [-0.3, -0.25) is 5.32 Å². The third-order valence-electron chi connectivity index (χ3n) is 2.03. The van der Waals surface area contributed by atoms with Crippen LogP contribution in [-0.2, 0) is 11.2 Å². The number of hydrogen-bond acceptors (Lipinski definition) is 1. The minimum absolute atomic E-state index is 0.0624. The Morgan fingerprint density at radius 1 is 1.50 bits per heavy atom. The van der Waals surface area contributed by atoms with Crippen LogP contribution in [0, 0.1) is 0 Å². The first-order valence-corrected chi connectivity index (χ1v) is 4.30. The summed E-state index contributed by atoms with van der Waals surface area (Å²) >= 11 is 0. The van der Waals surface area contributed by atoms with Crippen molar-refractivity contribution in [2.45, 2.75) is 19.6 Å². The number of ether oxygens (including phenoxy) is 1. The van der Waals surface area contributed by atoms with Gasteiger partial charge in [0.25, 0.3) is 0 Å². The summed E-state index contributed by atoms with van der Waals surface area (Å²) in [4.78, 5) is 0. The SMILES string of the molecule is CCOC1Cc2ccccc2[N]1. The fourth-order valence-electron chi connectivity index (χ4n) is 1.49. The molecule has 1 unspecified atom stereocenters. The maximum atomic E-state index is 5.42. The van der Waals surface area contributed by atoms with E-state index in [-0.39, 0.29) is 6.23 Å². The van der Waals surface area contributed by atoms with Crippen molar-refractivity contribution in [2.75, 3.05) is 6.61 Å². The van der Waals surface area contributed by atoms with Crippen LogP contribution in [0.15, 0.2) is 24.3 Å². The van der Waals surface area contributed by atoms with Crippen molar-refractivity contribution in [3.05, 3.63) is 29.8 Å². The van der Waals surface area contributed by atoms with Crippen molar-refractivity contribution in [1.29, 1.82) is 0 Å². The lowest BCUT2D eigenvalue weighted by Gasteiger charge is -2.06. The molecule has 1 aromatic carbocycles. The number of para-hydroxylation sites is 1. The first-order valence-electron chi connectivity index (χ1n) is 4.30. The Balaban J connectivity index is 2.11. The van der Waals surface area contributed by atoms with E-state index >= 15 is 0 Å². The van der Waals surface area contributed by atoms with E-state index in [4.69, 9.17) is 4.74 Å². The fourth-order valence-corrected chi connectivity index (χ4v) is 1.49. The van der Waals surface area contributed by atoms with Gasteiger partial charge in [-0.05, 0) is 18.6 Å². The third kappa shape index (κ3) is 1.30. The minimum Gasteiger partial charge on any atom is -0.356 e. The number of fused-ring (bicyclic) bond motifs is 1. The van der Waals surface area contributed by atoms with Crippen LogP contribution in [0.4, 0.5) is 5.69 Å². The summed E-state index contributed by atoms with van der Waals surface area (Å²) in [6.45, 7) is 2.74. The fraction of sp³-hybridized carbons (Fsp3) is 0.400. The molecule has 1 aliphatic rings. The Hall–Kier alpha value is -1.02. The highest BCUT2D eigenvalue weighted by Gasteiger charge is 2.21. The average molecular weight is 162 g/mol. The topological polar surface area (TPSA) is 23.3 Å². The van der Waals surface area contributed by atoms with E-state index in [0.717, 1.165) is 18.7 Å². The highest BCUT2D eigenvalue weighted by molar-refractivity contribution is 5.48. The van der Waals surface area contributed by atoms with E-state index in [0.29, 0.717) is 0 Å². The summed E-state index contributed by atoms with van der Waals surface area (Å²) in [6, 6.07) is 8.20. The minimum atomic E-state index is 0.0624. The van der Waals surface area contributed by atoms with Gasteiger partial charge >= 0.3 is 0 Å². The second-order valence-corrected chi connectivity index (χ2v) is 2.87. The molecule has 63 valence electrons. The van der Waals surface area contributed by atoms with Crippen LogP contribution in [0.1, 0.15) is 12.5 Å². The lowest BCUT2D eigenvalue weighted by Crippen LogP contribution is -2.18. The van der Waals surface area contributed by atoms with Crippen LogP contribution in [0.5, 0.6) is 0 Å². The molecule has 0 aliphatic carbocycles. The molecule has 2 rings (SSSR count). The molecule has 0 saturated heterocycles. The zero-order valence-electron chi connectivity index (χ0n) is 7.16. The van der Waals surface area contributed by atoms with Gasteiger partial charge in [-0.15, -0.1) is 0 Å².